The third-order valence-electron chi connectivity index (χ3n) is 3.06. The molecule has 20 heavy (non-hydrogen) atoms. The molecule has 0 radical (unpaired) electrons. The number of fused-ring (bicyclic) bond motifs is 1. The first-order chi connectivity index (χ1) is 9.61. The highest BCUT2D eigenvalue weighted by Gasteiger charge is 2.35. The highest BCUT2D eigenvalue weighted by Crippen LogP contribution is 2.36. The number of aromatic nitrogens is 3. The second-order valence-electron chi connectivity index (χ2n) is 4.23. The lowest BCUT2D eigenvalue weighted by molar-refractivity contribution is -0.136. The summed E-state index contributed by atoms with van der Waals surface area (Å²) in [5.74, 6) is 0.686. The van der Waals surface area contributed by atoms with Crippen LogP contribution in [0.4, 0.5) is 5.95 Å². The summed E-state index contributed by atoms with van der Waals surface area (Å²) in [6.45, 7) is 1.79. The van der Waals surface area contributed by atoms with Gasteiger partial charge in [0.15, 0.2) is 4.67 Å². The van der Waals surface area contributed by atoms with E-state index in [-0.39, 0.29) is 0 Å². The van der Waals surface area contributed by atoms with E-state index in [1.807, 2.05) is 0 Å². The summed E-state index contributed by atoms with van der Waals surface area (Å²) < 4.78 is 12.6. The van der Waals surface area contributed by atoms with E-state index in [9.17, 15) is 4.79 Å². The predicted molar refractivity (Wildman–Crippen MR) is 72.9 cm³/mol. The molecule has 7 nitrogen and oxygen atoms in total. The summed E-state index contributed by atoms with van der Waals surface area (Å²) >= 11 is 3.26. The number of hydrogen-bond donors (Lipinski definition) is 1. The van der Waals surface area contributed by atoms with E-state index in [1.54, 1.807) is 23.7 Å². The van der Waals surface area contributed by atoms with E-state index in [0.717, 1.165) is 0 Å². The third-order valence-corrected chi connectivity index (χ3v) is 3.49. The van der Waals surface area contributed by atoms with E-state index in [2.05, 4.69) is 31.3 Å². The maximum absolute atomic E-state index is 12.1. The number of allylic oxidation sites excluding steroid dienone is 1. The Kier molecular flexibility index (Phi) is 3.09. The average Bonchev–Trinajstić information content (AvgIpc) is 3.04. The summed E-state index contributed by atoms with van der Waals surface area (Å²) in [6, 6.07) is 3.03. The lowest BCUT2D eigenvalue weighted by Gasteiger charge is -2.26. The monoisotopic (exact) mass is 338 g/mol. The van der Waals surface area contributed by atoms with Crippen molar-refractivity contribution in [3.63, 3.8) is 0 Å². The Bertz CT molecular complexity index is 703. The Hall–Kier alpha value is -2.09. The van der Waals surface area contributed by atoms with Gasteiger partial charge in [0.2, 0.25) is 5.95 Å². The van der Waals surface area contributed by atoms with Crippen LogP contribution in [0.1, 0.15) is 18.7 Å². The topological polar surface area (TPSA) is 82.2 Å². The number of anilines is 1. The molecule has 1 aliphatic rings. The number of nitrogens with one attached hydrogen (secondary N) is 1. The fraction of sp³-hybridized carbons (Fsp3) is 0.250. The molecule has 1 atom stereocenters. The fourth-order valence-corrected chi connectivity index (χ4v) is 2.52. The SMILES string of the molecule is COC(=O)C1=C(C)Nc2ncnn2C1c1ccc(Br)o1. The van der Waals surface area contributed by atoms with Gasteiger partial charge in [-0.25, -0.2) is 9.48 Å². The van der Waals surface area contributed by atoms with Crippen LogP contribution in [0.5, 0.6) is 0 Å². The van der Waals surface area contributed by atoms with Gasteiger partial charge in [-0.2, -0.15) is 10.1 Å². The van der Waals surface area contributed by atoms with Crippen LogP contribution in [0.2, 0.25) is 0 Å². The van der Waals surface area contributed by atoms with Crippen molar-refractivity contribution in [2.45, 2.75) is 13.0 Å². The normalized spacial score (nSPS) is 17.6. The van der Waals surface area contributed by atoms with Gasteiger partial charge in [0.25, 0.3) is 0 Å². The number of furan rings is 1. The van der Waals surface area contributed by atoms with Gasteiger partial charge in [-0.15, -0.1) is 0 Å². The molecule has 0 fully saturated rings. The molecule has 104 valence electrons. The highest BCUT2D eigenvalue weighted by atomic mass is 79.9. The number of hydrogen-bond acceptors (Lipinski definition) is 6. The van der Waals surface area contributed by atoms with Gasteiger partial charge in [0, 0.05) is 5.70 Å². The maximum Gasteiger partial charge on any atom is 0.338 e. The Morgan fingerprint density at radius 3 is 3.00 bits per heavy atom. The van der Waals surface area contributed by atoms with Gasteiger partial charge in [-0.3, -0.25) is 0 Å². The molecule has 8 heteroatoms. The molecule has 1 N–H and O–H groups in total. The summed E-state index contributed by atoms with van der Waals surface area (Å²) in [5.41, 5.74) is 1.10. The summed E-state index contributed by atoms with van der Waals surface area (Å²) in [5, 5.41) is 7.18. The van der Waals surface area contributed by atoms with Crippen LogP contribution in [0.25, 0.3) is 0 Å². The molecule has 3 rings (SSSR count). The van der Waals surface area contributed by atoms with Gasteiger partial charge in [-0.1, -0.05) is 0 Å². The van der Waals surface area contributed by atoms with E-state index >= 15 is 0 Å². The molecule has 0 amide bonds. The fourth-order valence-electron chi connectivity index (χ4n) is 2.20. The lowest BCUT2D eigenvalue weighted by Crippen LogP contribution is -2.29. The zero-order valence-electron chi connectivity index (χ0n) is 10.8. The summed E-state index contributed by atoms with van der Waals surface area (Å²) in [7, 11) is 1.34. The quantitative estimate of drug-likeness (QED) is 0.844. The Balaban J connectivity index is 2.18. The van der Waals surface area contributed by atoms with E-state index in [4.69, 9.17) is 9.15 Å². The van der Waals surface area contributed by atoms with Crippen LogP contribution in [0.15, 0.2) is 38.8 Å². The van der Waals surface area contributed by atoms with Gasteiger partial charge in [0.05, 0.1) is 12.7 Å². The minimum absolute atomic E-state index is 0.436. The van der Waals surface area contributed by atoms with Crippen molar-refractivity contribution in [1.29, 1.82) is 0 Å². The van der Waals surface area contributed by atoms with Crippen LogP contribution in [-0.2, 0) is 9.53 Å². The van der Waals surface area contributed by atoms with E-state index < -0.39 is 12.0 Å². The molecule has 0 saturated carbocycles. The number of halogens is 1. The minimum atomic E-state index is -0.507. The number of methoxy groups -OCH3 is 1. The molecular weight excluding hydrogens is 328 g/mol. The largest absolute Gasteiger partial charge is 0.466 e. The van der Waals surface area contributed by atoms with Crippen molar-refractivity contribution in [1.82, 2.24) is 14.8 Å². The lowest BCUT2D eigenvalue weighted by atomic mass is 10.0. The van der Waals surface area contributed by atoms with Crippen LogP contribution < -0.4 is 5.32 Å². The van der Waals surface area contributed by atoms with Crippen LogP contribution in [-0.4, -0.2) is 27.8 Å². The van der Waals surface area contributed by atoms with Gasteiger partial charge >= 0.3 is 5.97 Å². The summed E-state index contributed by atoms with van der Waals surface area (Å²) in [4.78, 5) is 16.2. The van der Waals surface area contributed by atoms with Crippen LogP contribution >= 0.6 is 15.9 Å². The molecule has 0 saturated heterocycles. The number of esters is 1. The first-order valence-electron chi connectivity index (χ1n) is 5.82. The first kappa shape index (κ1) is 12.9. The smallest absolute Gasteiger partial charge is 0.338 e. The molecular formula is C12H11BrN4O3. The number of ether oxygens (including phenoxy) is 1. The van der Waals surface area contributed by atoms with Crippen molar-refractivity contribution >= 4 is 27.8 Å². The highest BCUT2D eigenvalue weighted by molar-refractivity contribution is 9.10. The molecule has 2 aromatic heterocycles. The Morgan fingerprint density at radius 2 is 2.35 bits per heavy atom. The van der Waals surface area contributed by atoms with Crippen molar-refractivity contribution in [2.75, 3.05) is 12.4 Å². The maximum atomic E-state index is 12.1. The third kappa shape index (κ3) is 1.92. The minimum Gasteiger partial charge on any atom is -0.466 e. The number of carbonyl (C=O) groups is 1. The van der Waals surface area contributed by atoms with Crippen LogP contribution in [0.3, 0.4) is 0 Å². The molecule has 0 bridgehead atoms. The molecule has 2 aromatic rings. The van der Waals surface area contributed by atoms with Gasteiger partial charge in [-0.05, 0) is 35.0 Å². The van der Waals surface area contributed by atoms with Crippen LogP contribution in [0, 0.1) is 0 Å². The standard InChI is InChI=1S/C12H11BrN4O3/c1-6-9(11(18)19-2)10(7-3-4-8(13)20-7)17-12(16-6)14-5-15-17/h3-5,10H,1-2H3,(H,14,15,16). The first-order valence-corrected chi connectivity index (χ1v) is 6.62. The molecule has 0 aliphatic carbocycles. The number of carbonyl (C=O) groups excluding carboxylic acids is 1. The molecule has 0 aromatic carbocycles. The number of rotatable bonds is 2. The zero-order valence-corrected chi connectivity index (χ0v) is 12.3. The predicted octanol–water partition coefficient (Wildman–Crippen LogP) is 2.10. The second-order valence-corrected chi connectivity index (χ2v) is 5.01. The summed E-state index contributed by atoms with van der Waals surface area (Å²) in [6.07, 6.45) is 1.42. The van der Waals surface area contributed by atoms with Crippen molar-refractivity contribution < 1.29 is 13.9 Å². The number of nitrogens with zero attached hydrogens (tertiary/aromatic N) is 3. The van der Waals surface area contributed by atoms with Crippen molar-refractivity contribution in [3.05, 3.63) is 40.2 Å². The second kappa shape index (κ2) is 4.78. The molecule has 3 heterocycles. The molecule has 1 aliphatic heterocycles. The molecule has 0 spiro atoms. The van der Waals surface area contributed by atoms with E-state index in [1.165, 1.54) is 13.4 Å². The molecule has 1 unspecified atom stereocenters. The zero-order chi connectivity index (χ0) is 14.3. The van der Waals surface area contributed by atoms with E-state index in [0.29, 0.717) is 27.6 Å². The van der Waals surface area contributed by atoms with Crippen molar-refractivity contribution in [2.24, 2.45) is 0 Å². The Morgan fingerprint density at radius 1 is 1.55 bits per heavy atom. The van der Waals surface area contributed by atoms with Gasteiger partial charge < -0.3 is 14.5 Å². The van der Waals surface area contributed by atoms with Gasteiger partial charge in [0.1, 0.15) is 18.1 Å². The Labute approximate surface area is 122 Å². The van der Waals surface area contributed by atoms with Crippen molar-refractivity contribution in [3.8, 4) is 0 Å². The average molecular weight is 339 g/mol.